The average Bonchev–Trinajstić information content (AvgIpc) is 2.92. The first-order chi connectivity index (χ1) is 12.5. The Morgan fingerprint density at radius 3 is 2.65 bits per heavy atom. The molecule has 4 nitrogen and oxygen atoms in total. The summed E-state index contributed by atoms with van der Waals surface area (Å²) in [5, 5.41) is 9.74. The van der Waals surface area contributed by atoms with Crippen molar-refractivity contribution in [3.05, 3.63) is 28.5 Å². The van der Waals surface area contributed by atoms with Crippen molar-refractivity contribution in [1.29, 1.82) is 0 Å². The Kier molecular flexibility index (Phi) is 4.99. The number of likely N-dealkylation sites (tertiary alicyclic amines) is 1. The highest BCUT2D eigenvalue weighted by Crippen LogP contribution is 2.43. The molecule has 1 aromatic carbocycles. The van der Waals surface area contributed by atoms with Crippen LogP contribution in [0.1, 0.15) is 44.9 Å². The molecule has 1 N–H and O–H groups in total. The van der Waals surface area contributed by atoms with E-state index < -0.39 is 0 Å². The molecule has 6 heteroatoms. The Morgan fingerprint density at radius 2 is 1.92 bits per heavy atom. The Labute approximate surface area is 162 Å². The molecule has 2 saturated heterocycles. The van der Waals surface area contributed by atoms with Crippen LogP contribution < -0.4 is 4.90 Å². The van der Waals surface area contributed by atoms with E-state index in [1.54, 1.807) is 6.07 Å². The van der Waals surface area contributed by atoms with Gasteiger partial charge in [-0.3, -0.25) is 4.79 Å². The zero-order valence-corrected chi connectivity index (χ0v) is 16.5. The van der Waals surface area contributed by atoms with Gasteiger partial charge in [-0.25, -0.2) is 4.39 Å². The Balaban J connectivity index is 1.50. The van der Waals surface area contributed by atoms with Crippen LogP contribution in [-0.4, -0.2) is 47.7 Å². The first-order valence-corrected chi connectivity index (χ1v) is 10.5. The van der Waals surface area contributed by atoms with Gasteiger partial charge in [0.05, 0.1) is 17.2 Å². The number of carbonyl (C=O) groups excluding carboxylic acids is 1. The second kappa shape index (κ2) is 7.12. The lowest BCUT2D eigenvalue weighted by molar-refractivity contribution is -0.139. The van der Waals surface area contributed by atoms with Gasteiger partial charge in [-0.05, 0) is 63.1 Å². The summed E-state index contributed by atoms with van der Waals surface area (Å²) >= 11 is 3.31. The van der Waals surface area contributed by atoms with Crippen LogP contribution in [0.25, 0.3) is 0 Å². The van der Waals surface area contributed by atoms with E-state index in [1.165, 1.54) is 6.07 Å². The summed E-state index contributed by atoms with van der Waals surface area (Å²) in [5.74, 6) is 0.0149. The molecule has 1 aromatic rings. The molecule has 0 bridgehead atoms. The molecule has 26 heavy (non-hydrogen) atoms. The van der Waals surface area contributed by atoms with Crippen LogP contribution in [0.4, 0.5) is 10.1 Å². The molecule has 0 aromatic heterocycles. The fourth-order valence-corrected chi connectivity index (χ4v) is 5.35. The minimum absolute atomic E-state index is 0.205. The third-order valence-corrected chi connectivity index (χ3v) is 6.97. The van der Waals surface area contributed by atoms with E-state index in [2.05, 4.69) is 25.7 Å². The van der Waals surface area contributed by atoms with Gasteiger partial charge >= 0.3 is 0 Å². The zero-order valence-electron chi connectivity index (χ0n) is 15.0. The van der Waals surface area contributed by atoms with Crippen molar-refractivity contribution in [2.45, 2.75) is 57.1 Å². The summed E-state index contributed by atoms with van der Waals surface area (Å²) < 4.78 is 15.2. The predicted molar refractivity (Wildman–Crippen MR) is 103 cm³/mol. The highest BCUT2D eigenvalue weighted by Gasteiger charge is 2.50. The van der Waals surface area contributed by atoms with Crippen LogP contribution in [0, 0.1) is 11.2 Å². The smallest absolute Gasteiger partial charge is 0.230 e. The largest absolute Gasteiger partial charge is 0.393 e. The van der Waals surface area contributed by atoms with E-state index in [-0.39, 0.29) is 29.3 Å². The van der Waals surface area contributed by atoms with Gasteiger partial charge in [-0.1, -0.05) is 15.9 Å². The van der Waals surface area contributed by atoms with Gasteiger partial charge < -0.3 is 14.9 Å². The molecule has 3 fully saturated rings. The number of nitrogens with zero attached hydrogens (tertiary/aromatic N) is 2. The average molecular weight is 425 g/mol. The fraction of sp³-hybridized carbons (Fsp3) is 0.650. The third kappa shape index (κ3) is 3.26. The number of hydrogen-bond donors (Lipinski definition) is 1. The second-order valence-corrected chi connectivity index (χ2v) is 9.03. The first-order valence-electron chi connectivity index (χ1n) is 9.68. The van der Waals surface area contributed by atoms with E-state index in [0.717, 1.165) is 62.5 Å². The van der Waals surface area contributed by atoms with Crippen LogP contribution in [0.15, 0.2) is 22.7 Å². The lowest BCUT2D eigenvalue weighted by atomic mass is 9.78. The van der Waals surface area contributed by atoms with E-state index in [9.17, 15) is 14.3 Å². The normalized spacial score (nSPS) is 32.5. The molecule has 2 aliphatic heterocycles. The summed E-state index contributed by atoms with van der Waals surface area (Å²) in [7, 11) is 0. The van der Waals surface area contributed by atoms with E-state index in [0.29, 0.717) is 12.2 Å². The van der Waals surface area contributed by atoms with Gasteiger partial charge in [0.1, 0.15) is 5.82 Å². The number of amides is 1. The second-order valence-electron chi connectivity index (χ2n) is 8.11. The molecule has 1 spiro atoms. The Morgan fingerprint density at radius 1 is 1.15 bits per heavy atom. The van der Waals surface area contributed by atoms with Crippen LogP contribution in [0.3, 0.4) is 0 Å². The van der Waals surface area contributed by atoms with Crippen LogP contribution in [0.2, 0.25) is 0 Å². The van der Waals surface area contributed by atoms with Crippen molar-refractivity contribution < 1.29 is 14.3 Å². The summed E-state index contributed by atoms with van der Waals surface area (Å²) in [6, 6.07) is 5.42. The van der Waals surface area contributed by atoms with Gasteiger partial charge in [0.25, 0.3) is 0 Å². The molecule has 142 valence electrons. The molecule has 1 atom stereocenters. The standard InChI is InChI=1S/C20H26BrFN2O2/c21-14-2-7-18(17(22)12-14)23-10-1-8-20(13-23)9-11-24(19(20)26)15-3-5-16(25)6-4-15/h2,7,12,15-16,25H,1,3-6,8-11,13H2/t15-,16+,20-/m0/s1. The number of hydrogen-bond acceptors (Lipinski definition) is 3. The number of rotatable bonds is 2. The van der Waals surface area contributed by atoms with Gasteiger partial charge in [0.2, 0.25) is 5.91 Å². The fourth-order valence-electron chi connectivity index (χ4n) is 5.02. The van der Waals surface area contributed by atoms with E-state index >= 15 is 0 Å². The van der Waals surface area contributed by atoms with Gasteiger partial charge in [-0.2, -0.15) is 0 Å². The molecule has 1 aliphatic carbocycles. The molecule has 4 rings (SSSR count). The number of carbonyl (C=O) groups is 1. The summed E-state index contributed by atoms with van der Waals surface area (Å²) in [4.78, 5) is 17.4. The SMILES string of the molecule is O=C1N([C@H]2CC[C@@H](O)CC2)CC[C@]12CCCN(c1ccc(Br)cc1F)C2. The van der Waals surface area contributed by atoms with Crippen LogP contribution >= 0.6 is 15.9 Å². The van der Waals surface area contributed by atoms with Crippen molar-refractivity contribution >= 4 is 27.5 Å². The van der Waals surface area contributed by atoms with Crippen molar-refractivity contribution in [3.63, 3.8) is 0 Å². The number of halogens is 2. The van der Waals surface area contributed by atoms with Crippen LogP contribution in [-0.2, 0) is 4.79 Å². The van der Waals surface area contributed by atoms with Crippen molar-refractivity contribution in [1.82, 2.24) is 4.90 Å². The summed E-state index contributed by atoms with van der Waals surface area (Å²) in [6.07, 6.45) is 5.84. The zero-order chi connectivity index (χ0) is 18.3. The van der Waals surface area contributed by atoms with Gasteiger partial charge in [-0.15, -0.1) is 0 Å². The van der Waals surface area contributed by atoms with Crippen molar-refractivity contribution in [2.75, 3.05) is 24.5 Å². The first kappa shape index (κ1) is 18.2. The topological polar surface area (TPSA) is 43.8 Å². The highest BCUT2D eigenvalue weighted by atomic mass is 79.9. The maximum absolute atomic E-state index is 14.4. The lowest BCUT2D eigenvalue weighted by Crippen LogP contribution is -2.50. The maximum Gasteiger partial charge on any atom is 0.230 e. The highest BCUT2D eigenvalue weighted by molar-refractivity contribution is 9.10. The van der Waals surface area contributed by atoms with E-state index in [4.69, 9.17) is 0 Å². The third-order valence-electron chi connectivity index (χ3n) is 6.48. The molecule has 0 radical (unpaired) electrons. The molecule has 1 amide bonds. The van der Waals surface area contributed by atoms with Crippen molar-refractivity contribution in [2.24, 2.45) is 5.41 Å². The quantitative estimate of drug-likeness (QED) is 0.786. The Hall–Kier alpha value is -1.14. The van der Waals surface area contributed by atoms with Crippen molar-refractivity contribution in [3.8, 4) is 0 Å². The molecule has 1 saturated carbocycles. The lowest BCUT2D eigenvalue weighted by Gasteiger charge is -2.41. The monoisotopic (exact) mass is 424 g/mol. The maximum atomic E-state index is 14.4. The molecule has 0 unspecified atom stereocenters. The van der Waals surface area contributed by atoms with Gasteiger partial charge in [0, 0.05) is 30.1 Å². The van der Waals surface area contributed by atoms with Crippen LogP contribution in [0.5, 0.6) is 0 Å². The molecular formula is C20H26BrFN2O2. The number of benzene rings is 1. The number of piperidine rings is 1. The molecular weight excluding hydrogens is 399 g/mol. The Bertz CT molecular complexity index is 692. The summed E-state index contributed by atoms with van der Waals surface area (Å²) in [5.41, 5.74) is 0.229. The predicted octanol–water partition coefficient (Wildman–Crippen LogP) is 3.71. The molecule has 2 heterocycles. The van der Waals surface area contributed by atoms with Gasteiger partial charge in [0.15, 0.2) is 0 Å². The van der Waals surface area contributed by atoms with E-state index in [1.807, 2.05) is 6.07 Å². The minimum Gasteiger partial charge on any atom is -0.393 e. The number of aliphatic hydroxyl groups is 1. The number of aliphatic hydroxyl groups excluding tert-OH is 1. The number of anilines is 1. The summed E-state index contributed by atoms with van der Waals surface area (Å²) in [6.45, 7) is 2.20. The minimum atomic E-state index is -0.367. The molecule has 3 aliphatic rings.